The van der Waals surface area contributed by atoms with E-state index in [4.69, 9.17) is 9.47 Å². The number of hydrogen-bond donors (Lipinski definition) is 0. The molecule has 1 aromatic rings. The summed E-state index contributed by atoms with van der Waals surface area (Å²) in [6.45, 7) is 7.47. The second kappa shape index (κ2) is 28.8. The highest BCUT2D eigenvalue weighted by molar-refractivity contribution is 5.10. The Bertz CT molecular complexity index is 991. The van der Waals surface area contributed by atoms with Crippen LogP contribution < -0.4 is 0 Å². The fourth-order valence-corrected chi connectivity index (χ4v) is 7.71. The van der Waals surface area contributed by atoms with E-state index < -0.39 is 0 Å². The molecule has 0 saturated carbocycles. The van der Waals surface area contributed by atoms with E-state index in [-0.39, 0.29) is 18.0 Å². The first kappa shape index (κ1) is 42.7. The number of nitrogens with zero attached hydrogens (tertiary/aromatic N) is 2. The molecule has 50 heavy (non-hydrogen) atoms. The summed E-state index contributed by atoms with van der Waals surface area (Å²) in [4.78, 5) is 6.68. The molecule has 2 aliphatic rings. The van der Waals surface area contributed by atoms with Crippen LogP contribution >= 0.6 is 0 Å². The van der Waals surface area contributed by atoms with E-state index in [1.54, 1.807) is 0 Å². The van der Waals surface area contributed by atoms with Gasteiger partial charge in [-0.1, -0.05) is 140 Å². The molecular weight excluding hydrogens is 613 g/mol. The lowest BCUT2D eigenvalue weighted by Crippen LogP contribution is -2.35. The predicted molar refractivity (Wildman–Crippen MR) is 215 cm³/mol. The maximum Gasteiger partial charge on any atom is 0.169 e. The zero-order valence-electron chi connectivity index (χ0n) is 32.9. The predicted octanol–water partition coefficient (Wildman–Crippen LogP) is 13.6. The zero-order valence-corrected chi connectivity index (χ0v) is 32.9. The Labute approximate surface area is 310 Å². The van der Waals surface area contributed by atoms with E-state index in [1.165, 1.54) is 160 Å². The van der Waals surface area contributed by atoms with Crippen LogP contribution in [0.4, 0.5) is 0 Å². The Morgan fingerprint density at radius 2 is 0.960 bits per heavy atom. The average Bonchev–Trinajstić information content (AvgIpc) is 3.65. The largest absolute Gasteiger partial charge is 0.343 e. The van der Waals surface area contributed by atoms with Gasteiger partial charge in [0.25, 0.3) is 0 Å². The van der Waals surface area contributed by atoms with Crippen LogP contribution in [0.25, 0.3) is 0 Å². The Balaban J connectivity index is 1.28. The maximum absolute atomic E-state index is 6.89. The van der Waals surface area contributed by atoms with Crippen LogP contribution in [0.2, 0.25) is 0 Å². The fraction of sp³-hybridized carbons (Fsp3) is 0.761. The number of unbranched alkanes of at least 4 members (excludes halogenated alkanes) is 20. The Morgan fingerprint density at radius 3 is 1.46 bits per heavy atom. The minimum Gasteiger partial charge on any atom is -0.343 e. The summed E-state index contributed by atoms with van der Waals surface area (Å²) in [6, 6.07) is 4.25. The Morgan fingerprint density at radius 1 is 0.560 bits per heavy atom. The maximum atomic E-state index is 6.89. The quantitative estimate of drug-likeness (QED) is 0.0557. The van der Waals surface area contributed by atoms with Gasteiger partial charge in [0.15, 0.2) is 5.79 Å². The number of allylic oxidation sites excluding steroid dienone is 6. The van der Waals surface area contributed by atoms with Gasteiger partial charge < -0.3 is 9.47 Å². The van der Waals surface area contributed by atoms with Crippen molar-refractivity contribution in [3.05, 3.63) is 66.5 Å². The Kier molecular flexibility index (Phi) is 24.6. The highest BCUT2D eigenvalue weighted by Crippen LogP contribution is 2.41. The molecule has 1 aromatic heterocycles. The van der Waals surface area contributed by atoms with E-state index in [9.17, 15) is 0 Å². The van der Waals surface area contributed by atoms with Gasteiger partial charge in [-0.3, -0.25) is 9.88 Å². The van der Waals surface area contributed by atoms with Gasteiger partial charge in [-0.2, -0.15) is 0 Å². The lowest BCUT2D eigenvalue weighted by molar-refractivity contribution is -0.194. The standard InChI is InChI=1S/C46H78N2O2/c1-3-5-7-9-11-13-15-17-19-21-23-25-27-29-31-33-37-46(36-32-30-28-26-24-22-20-18-16-14-12-10-8-6-4-2)49-44-41-48(42-45(44)50-46)40-43-34-38-47-39-35-43/h11,13,16-19,34-35,38-39,44-45H,3-10,12,14-15,20-33,36-37,40-42H2,1-2H3/b13-11-,18-16-,19-17-/t44-,45+,46?. The molecule has 0 aromatic carbocycles. The van der Waals surface area contributed by atoms with E-state index >= 15 is 0 Å². The molecule has 0 N–H and O–H groups in total. The lowest BCUT2D eigenvalue weighted by atomic mass is 9.98. The van der Waals surface area contributed by atoms with Crippen LogP contribution in [0.1, 0.15) is 193 Å². The van der Waals surface area contributed by atoms with Crippen LogP contribution in [0.5, 0.6) is 0 Å². The summed E-state index contributed by atoms with van der Waals surface area (Å²) in [5, 5.41) is 0. The van der Waals surface area contributed by atoms with Gasteiger partial charge in [-0.15, -0.1) is 0 Å². The van der Waals surface area contributed by atoms with Gasteiger partial charge in [-0.05, 0) is 88.3 Å². The number of fused-ring (bicyclic) bond motifs is 1. The monoisotopic (exact) mass is 691 g/mol. The van der Waals surface area contributed by atoms with E-state index in [1.807, 2.05) is 12.4 Å². The van der Waals surface area contributed by atoms with Crippen molar-refractivity contribution in [2.45, 2.75) is 212 Å². The minimum atomic E-state index is -0.353. The van der Waals surface area contributed by atoms with Crippen LogP contribution in [-0.2, 0) is 16.0 Å². The molecule has 3 rings (SSSR count). The second-order valence-electron chi connectivity index (χ2n) is 15.4. The summed E-state index contributed by atoms with van der Waals surface area (Å²) < 4.78 is 13.8. The molecule has 0 amide bonds. The molecule has 3 heterocycles. The molecule has 2 aliphatic heterocycles. The van der Waals surface area contributed by atoms with Gasteiger partial charge in [0.1, 0.15) is 12.2 Å². The first-order chi connectivity index (χ1) is 24.7. The summed E-state index contributed by atoms with van der Waals surface area (Å²) in [5.74, 6) is -0.353. The van der Waals surface area contributed by atoms with Crippen molar-refractivity contribution in [3.63, 3.8) is 0 Å². The average molecular weight is 691 g/mol. The fourth-order valence-electron chi connectivity index (χ4n) is 7.71. The highest BCUT2D eigenvalue weighted by atomic mass is 16.8. The smallest absolute Gasteiger partial charge is 0.169 e. The van der Waals surface area contributed by atoms with Crippen molar-refractivity contribution < 1.29 is 9.47 Å². The number of likely N-dealkylation sites (tertiary alicyclic amines) is 1. The van der Waals surface area contributed by atoms with Crippen LogP contribution in [0.15, 0.2) is 61.0 Å². The summed E-state index contributed by atoms with van der Waals surface area (Å²) in [6.07, 6.45) is 53.4. The third-order valence-electron chi connectivity index (χ3n) is 10.8. The van der Waals surface area contributed by atoms with Gasteiger partial charge in [-0.25, -0.2) is 0 Å². The molecular formula is C46H78N2O2. The van der Waals surface area contributed by atoms with E-state index in [0.717, 1.165) is 38.9 Å². The number of pyridine rings is 1. The molecule has 0 aliphatic carbocycles. The minimum absolute atomic E-state index is 0.214. The highest BCUT2D eigenvalue weighted by Gasteiger charge is 2.50. The SMILES string of the molecule is CCCCC/C=C\C/C=C\CCCCCCCCC1(CCCCCCCC/C=C\CCCCCCC)O[C@H]2CN(Cc3ccncc3)C[C@H]2O1. The number of rotatable bonds is 32. The first-order valence-corrected chi connectivity index (χ1v) is 21.7. The molecule has 3 atom stereocenters. The van der Waals surface area contributed by atoms with Crippen molar-refractivity contribution in [3.8, 4) is 0 Å². The van der Waals surface area contributed by atoms with E-state index in [0.29, 0.717) is 0 Å². The van der Waals surface area contributed by atoms with Crippen molar-refractivity contribution in [2.24, 2.45) is 0 Å². The summed E-state index contributed by atoms with van der Waals surface area (Å²) in [5.41, 5.74) is 1.32. The topological polar surface area (TPSA) is 34.6 Å². The Hall–Kier alpha value is -1.75. The molecule has 1 unspecified atom stereocenters. The van der Waals surface area contributed by atoms with Gasteiger partial charge >= 0.3 is 0 Å². The number of hydrogen-bond acceptors (Lipinski definition) is 4. The van der Waals surface area contributed by atoms with Crippen molar-refractivity contribution in [1.29, 1.82) is 0 Å². The van der Waals surface area contributed by atoms with Crippen LogP contribution in [0.3, 0.4) is 0 Å². The number of ether oxygens (including phenoxy) is 2. The first-order valence-electron chi connectivity index (χ1n) is 21.7. The molecule has 4 nitrogen and oxygen atoms in total. The van der Waals surface area contributed by atoms with Crippen molar-refractivity contribution in [2.75, 3.05) is 13.1 Å². The zero-order chi connectivity index (χ0) is 35.2. The van der Waals surface area contributed by atoms with Gasteiger partial charge in [0.05, 0.1) is 0 Å². The van der Waals surface area contributed by atoms with Crippen LogP contribution in [0, 0.1) is 0 Å². The molecule has 0 spiro atoms. The summed E-state index contributed by atoms with van der Waals surface area (Å²) >= 11 is 0. The lowest BCUT2D eigenvalue weighted by Gasteiger charge is -2.31. The number of aromatic nitrogens is 1. The molecule has 0 bridgehead atoms. The third kappa shape index (κ3) is 19.7. The molecule has 0 radical (unpaired) electrons. The molecule has 2 fully saturated rings. The summed E-state index contributed by atoms with van der Waals surface area (Å²) in [7, 11) is 0. The normalized spacial score (nSPS) is 21.1. The molecule has 284 valence electrons. The van der Waals surface area contributed by atoms with Gasteiger partial charge in [0.2, 0.25) is 0 Å². The molecule has 2 saturated heterocycles. The third-order valence-corrected chi connectivity index (χ3v) is 10.8. The molecule has 4 heteroatoms. The van der Waals surface area contributed by atoms with E-state index in [2.05, 4.69) is 72.3 Å². The van der Waals surface area contributed by atoms with Gasteiger partial charge in [0, 0.05) is 44.9 Å². The van der Waals surface area contributed by atoms with Crippen molar-refractivity contribution >= 4 is 0 Å². The second-order valence-corrected chi connectivity index (χ2v) is 15.4. The van der Waals surface area contributed by atoms with Crippen LogP contribution in [-0.4, -0.2) is 41.0 Å². The van der Waals surface area contributed by atoms with Crippen molar-refractivity contribution in [1.82, 2.24) is 9.88 Å².